The van der Waals surface area contributed by atoms with Gasteiger partial charge in [-0.2, -0.15) is 0 Å². The van der Waals surface area contributed by atoms with Crippen LogP contribution >= 0.6 is 0 Å². The highest BCUT2D eigenvalue weighted by molar-refractivity contribution is 5.79. The molecule has 0 aliphatic heterocycles. The Bertz CT molecular complexity index is 204. The first kappa shape index (κ1) is 15.2. The third kappa shape index (κ3) is 7.48. The molecule has 0 unspecified atom stereocenters. The van der Waals surface area contributed by atoms with Crippen LogP contribution < -0.4 is 11.3 Å². The molecule has 0 saturated carbocycles. The first-order valence-corrected chi connectivity index (χ1v) is 5.81. The second-order valence-electron chi connectivity index (χ2n) is 4.54. The fourth-order valence-corrected chi connectivity index (χ4v) is 1.08. The Kier molecular flexibility index (Phi) is 7.93. The Hall–Kier alpha value is -0.810. The Morgan fingerprint density at radius 3 is 2.44 bits per heavy atom. The van der Waals surface area contributed by atoms with Gasteiger partial charge in [-0.05, 0) is 19.8 Å². The highest BCUT2D eigenvalue weighted by Gasteiger charge is 2.05. The van der Waals surface area contributed by atoms with E-state index in [-0.39, 0.29) is 6.10 Å². The van der Waals surface area contributed by atoms with Gasteiger partial charge in [0.05, 0.1) is 12.7 Å². The molecule has 96 valence electrons. The van der Waals surface area contributed by atoms with E-state index in [1.165, 1.54) is 0 Å². The summed E-state index contributed by atoms with van der Waals surface area (Å²) >= 11 is 0. The fourth-order valence-electron chi connectivity index (χ4n) is 1.08. The van der Waals surface area contributed by atoms with E-state index in [2.05, 4.69) is 24.3 Å². The van der Waals surface area contributed by atoms with E-state index in [0.29, 0.717) is 18.5 Å². The Balaban J connectivity index is 4.00. The molecule has 0 aromatic heterocycles. The molecule has 5 nitrogen and oxygen atoms in total. The number of aliphatic imine (C=N–C) groups is 1. The maximum atomic E-state index is 5.47. The average Bonchev–Trinajstić information content (AvgIpc) is 2.17. The predicted octanol–water partition coefficient (Wildman–Crippen LogP) is 0.819. The molecule has 0 heterocycles. The zero-order valence-corrected chi connectivity index (χ0v) is 11.2. The average molecular weight is 230 g/mol. The van der Waals surface area contributed by atoms with Crippen LogP contribution in [0.2, 0.25) is 0 Å². The van der Waals surface area contributed by atoms with Crippen LogP contribution in [0, 0.1) is 5.92 Å². The number of nitrogens with zero attached hydrogens (tertiary/aromatic N) is 2. The highest BCUT2D eigenvalue weighted by atomic mass is 16.5. The van der Waals surface area contributed by atoms with E-state index in [1.54, 1.807) is 0 Å². The molecule has 16 heavy (non-hydrogen) atoms. The minimum Gasteiger partial charge on any atom is -0.377 e. The van der Waals surface area contributed by atoms with Crippen molar-refractivity contribution in [2.24, 2.45) is 16.8 Å². The van der Waals surface area contributed by atoms with E-state index in [0.717, 1.165) is 13.1 Å². The summed E-state index contributed by atoms with van der Waals surface area (Å²) in [5, 5.41) is 0. The van der Waals surface area contributed by atoms with Crippen molar-refractivity contribution in [3.05, 3.63) is 0 Å². The molecule has 0 radical (unpaired) electrons. The minimum absolute atomic E-state index is 0.260. The van der Waals surface area contributed by atoms with Gasteiger partial charge in [0, 0.05) is 20.1 Å². The van der Waals surface area contributed by atoms with Crippen molar-refractivity contribution in [3.63, 3.8) is 0 Å². The standard InChI is InChI=1S/C11H26N4O/c1-9(2)8-13-11(14-12)15(5)6-7-16-10(3)4/h9-10H,6-8,12H2,1-5H3,(H,13,14). The Morgan fingerprint density at radius 2 is 2.00 bits per heavy atom. The van der Waals surface area contributed by atoms with Gasteiger partial charge in [-0.25, -0.2) is 5.84 Å². The van der Waals surface area contributed by atoms with Crippen molar-refractivity contribution in [2.45, 2.75) is 33.8 Å². The number of hydrogen-bond acceptors (Lipinski definition) is 3. The minimum atomic E-state index is 0.260. The van der Waals surface area contributed by atoms with Crippen molar-refractivity contribution < 1.29 is 4.74 Å². The van der Waals surface area contributed by atoms with Gasteiger partial charge in [-0.15, -0.1) is 0 Å². The largest absolute Gasteiger partial charge is 0.377 e. The third-order valence-corrected chi connectivity index (χ3v) is 1.97. The number of hydrazine groups is 1. The van der Waals surface area contributed by atoms with Crippen LogP contribution in [0.4, 0.5) is 0 Å². The molecular weight excluding hydrogens is 204 g/mol. The highest BCUT2D eigenvalue weighted by Crippen LogP contribution is 1.94. The number of rotatable bonds is 6. The molecule has 0 rings (SSSR count). The smallest absolute Gasteiger partial charge is 0.208 e. The molecule has 5 heteroatoms. The van der Waals surface area contributed by atoms with Gasteiger partial charge in [0.1, 0.15) is 0 Å². The molecule has 0 bridgehead atoms. The summed E-state index contributed by atoms with van der Waals surface area (Å²) in [4.78, 5) is 6.35. The van der Waals surface area contributed by atoms with Gasteiger partial charge in [0.2, 0.25) is 5.96 Å². The van der Waals surface area contributed by atoms with Crippen LogP contribution in [0.5, 0.6) is 0 Å². The maximum absolute atomic E-state index is 5.47. The molecule has 0 aliphatic carbocycles. The number of ether oxygens (including phenoxy) is 1. The van der Waals surface area contributed by atoms with E-state index >= 15 is 0 Å². The fraction of sp³-hybridized carbons (Fsp3) is 0.909. The van der Waals surface area contributed by atoms with E-state index in [9.17, 15) is 0 Å². The second kappa shape index (κ2) is 8.35. The molecule has 0 amide bonds. The molecule has 0 aromatic carbocycles. The van der Waals surface area contributed by atoms with Crippen LogP contribution in [0.15, 0.2) is 4.99 Å². The summed E-state index contributed by atoms with van der Waals surface area (Å²) in [5.41, 5.74) is 2.62. The van der Waals surface area contributed by atoms with Crippen molar-refractivity contribution in [1.82, 2.24) is 10.3 Å². The summed E-state index contributed by atoms with van der Waals surface area (Å²) in [5.74, 6) is 6.67. The van der Waals surface area contributed by atoms with Gasteiger partial charge >= 0.3 is 0 Å². The van der Waals surface area contributed by atoms with Gasteiger partial charge in [-0.3, -0.25) is 10.4 Å². The van der Waals surface area contributed by atoms with Crippen LogP contribution in [-0.4, -0.2) is 43.7 Å². The number of hydrogen-bond donors (Lipinski definition) is 2. The Morgan fingerprint density at radius 1 is 1.38 bits per heavy atom. The zero-order valence-electron chi connectivity index (χ0n) is 11.2. The molecule has 0 aromatic rings. The van der Waals surface area contributed by atoms with E-state index < -0.39 is 0 Å². The lowest BCUT2D eigenvalue weighted by Gasteiger charge is -2.21. The first-order valence-electron chi connectivity index (χ1n) is 5.81. The predicted molar refractivity (Wildman–Crippen MR) is 68.2 cm³/mol. The molecule has 0 atom stereocenters. The van der Waals surface area contributed by atoms with Crippen molar-refractivity contribution in [3.8, 4) is 0 Å². The van der Waals surface area contributed by atoms with Crippen molar-refractivity contribution >= 4 is 5.96 Å². The molecule has 0 aliphatic rings. The molecule has 0 fully saturated rings. The van der Waals surface area contributed by atoms with E-state index in [4.69, 9.17) is 10.6 Å². The number of likely N-dealkylation sites (N-methyl/N-ethyl adjacent to an activating group) is 1. The molecule has 0 spiro atoms. The van der Waals surface area contributed by atoms with Crippen molar-refractivity contribution in [2.75, 3.05) is 26.7 Å². The number of nitrogens with one attached hydrogen (secondary N) is 1. The lowest BCUT2D eigenvalue weighted by Crippen LogP contribution is -2.44. The Labute approximate surface area is 99.0 Å². The van der Waals surface area contributed by atoms with Crippen LogP contribution in [0.25, 0.3) is 0 Å². The van der Waals surface area contributed by atoms with Gasteiger partial charge in [-0.1, -0.05) is 13.8 Å². The number of guanidine groups is 1. The summed E-state index contributed by atoms with van der Waals surface area (Å²) in [6, 6.07) is 0. The zero-order chi connectivity index (χ0) is 12.6. The lowest BCUT2D eigenvalue weighted by atomic mass is 10.2. The molecule has 0 saturated heterocycles. The second-order valence-corrected chi connectivity index (χ2v) is 4.54. The summed E-state index contributed by atoms with van der Waals surface area (Å²) in [7, 11) is 1.95. The third-order valence-electron chi connectivity index (χ3n) is 1.97. The van der Waals surface area contributed by atoms with E-state index in [1.807, 2.05) is 25.8 Å². The van der Waals surface area contributed by atoms with Crippen LogP contribution in [0.1, 0.15) is 27.7 Å². The summed E-state index contributed by atoms with van der Waals surface area (Å²) < 4.78 is 5.47. The van der Waals surface area contributed by atoms with Crippen LogP contribution in [0.3, 0.4) is 0 Å². The SMILES string of the molecule is CC(C)CN=C(NN)N(C)CCOC(C)C. The topological polar surface area (TPSA) is 62.9 Å². The quantitative estimate of drug-likeness (QED) is 0.307. The van der Waals surface area contributed by atoms with Gasteiger partial charge in [0.15, 0.2) is 0 Å². The number of nitrogens with two attached hydrogens (primary N) is 1. The molecule has 3 N–H and O–H groups in total. The summed E-state index contributed by atoms with van der Waals surface area (Å²) in [6.07, 6.45) is 0.260. The van der Waals surface area contributed by atoms with Gasteiger partial charge in [0.25, 0.3) is 0 Å². The molecular formula is C11H26N4O. The monoisotopic (exact) mass is 230 g/mol. The normalized spacial score (nSPS) is 12.4. The summed E-state index contributed by atoms with van der Waals surface area (Å²) in [6.45, 7) is 10.5. The first-order chi connectivity index (χ1) is 7.47. The lowest BCUT2D eigenvalue weighted by molar-refractivity contribution is 0.0721. The van der Waals surface area contributed by atoms with Crippen LogP contribution in [-0.2, 0) is 4.74 Å². The van der Waals surface area contributed by atoms with Gasteiger partial charge < -0.3 is 9.64 Å². The maximum Gasteiger partial charge on any atom is 0.208 e. The van der Waals surface area contributed by atoms with Crippen molar-refractivity contribution in [1.29, 1.82) is 0 Å².